The smallest absolute Gasteiger partial charge is 0.416 e. The minimum absolute atomic E-state index is 0.0236. The molecule has 150 valence electrons. The fourth-order valence-electron chi connectivity index (χ4n) is 3.02. The first kappa shape index (κ1) is 20.0. The number of rotatable bonds is 6. The number of halogens is 3. The van der Waals surface area contributed by atoms with Crippen LogP contribution in [-0.2, 0) is 17.6 Å². The number of likely N-dealkylation sites (tertiary alicyclic amines) is 1. The Bertz CT molecular complexity index is 792. The van der Waals surface area contributed by atoms with Crippen molar-refractivity contribution < 1.29 is 27.8 Å². The molecule has 2 aromatic rings. The Kier molecular flexibility index (Phi) is 6.08. The number of amides is 1. The van der Waals surface area contributed by atoms with E-state index in [4.69, 9.17) is 9.84 Å². The molecule has 1 heterocycles. The number of nitrogens with one attached hydrogen (secondary N) is 1. The normalized spacial score (nSPS) is 16.9. The summed E-state index contributed by atoms with van der Waals surface area (Å²) in [6.45, 7) is 0.877. The van der Waals surface area contributed by atoms with Crippen LogP contribution in [0.4, 0.5) is 18.9 Å². The Morgan fingerprint density at radius 2 is 1.82 bits per heavy atom. The Morgan fingerprint density at radius 1 is 1.14 bits per heavy atom. The zero-order chi connectivity index (χ0) is 20.1. The summed E-state index contributed by atoms with van der Waals surface area (Å²) in [5.41, 5.74) is 0.661. The van der Waals surface area contributed by atoms with Crippen molar-refractivity contribution in [3.05, 3.63) is 59.7 Å². The molecule has 0 aliphatic carbocycles. The molecule has 1 saturated heterocycles. The molecule has 2 aromatic carbocycles. The van der Waals surface area contributed by atoms with Gasteiger partial charge in [-0.1, -0.05) is 12.1 Å². The average Bonchev–Trinajstić information content (AvgIpc) is 3.15. The van der Waals surface area contributed by atoms with E-state index in [1.54, 1.807) is 29.2 Å². The van der Waals surface area contributed by atoms with Gasteiger partial charge in [0.15, 0.2) is 6.61 Å². The van der Waals surface area contributed by atoms with Crippen molar-refractivity contribution in [3.8, 4) is 5.75 Å². The van der Waals surface area contributed by atoms with Crippen molar-refractivity contribution in [2.45, 2.75) is 25.2 Å². The largest absolute Gasteiger partial charge is 0.484 e. The topological polar surface area (TPSA) is 61.8 Å². The van der Waals surface area contributed by atoms with E-state index in [2.05, 4.69) is 5.32 Å². The molecule has 0 saturated carbocycles. The first-order chi connectivity index (χ1) is 13.3. The summed E-state index contributed by atoms with van der Waals surface area (Å²) in [5.74, 6) is 0.395. The minimum Gasteiger partial charge on any atom is -0.484 e. The summed E-state index contributed by atoms with van der Waals surface area (Å²) in [7, 11) is 0. The van der Waals surface area contributed by atoms with E-state index in [0.717, 1.165) is 17.7 Å². The fraction of sp³-hybridized carbons (Fsp3) is 0.350. The first-order valence-corrected chi connectivity index (χ1v) is 8.89. The lowest BCUT2D eigenvalue weighted by Crippen LogP contribution is -2.35. The van der Waals surface area contributed by atoms with E-state index in [-0.39, 0.29) is 25.2 Å². The number of aliphatic hydroxyl groups is 1. The van der Waals surface area contributed by atoms with Crippen LogP contribution in [0.5, 0.6) is 5.75 Å². The highest BCUT2D eigenvalue weighted by Crippen LogP contribution is 2.30. The molecule has 2 N–H and O–H groups in total. The maximum absolute atomic E-state index is 12.6. The fourth-order valence-corrected chi connectivity index (χ4v) is 3.02. The number of nitrogens with zero attached hydrogens (tertiary/aromatic N) is 1. The molecule has 8 heteroatoms. The van der Waals surface area contributed by atoms with Crippen LogP contribution in [0.1, 0.15) is 17.5 Å². The Labute approximate surface area is 160 Å². The molecule has 1 aliphatic heterocycles. The number of ether oxygens (including phenoxy) is 1. The summed E-state index contributed by atoms with van der Waals surface area (Å²) >= 11 is 0. The van der Waals surface area contributed by atoms with Crippen LogP contribution >= 0.6 is 0 Å². The van der Waals surface area contributed by atoms with E-state index in [1.165, 1.54) is 12.1 Å². The van der Waals surface area contributed by atoms with Crippen molar-refractivity contribution >= 4 is 11.6 Å². The number of alkyl halides is 3. The van der Waals surface area contributed by atoms with E-state index < -0.39 is 11.7 Å². The molecule has 1 atom stereocenters. The third kappa shape index (κ3) is 5.16. The zero-order valence-corrected chi connectivity index (χ0v) is 15.1. The van der Waals surface area contributed by atoms with E-state index >= 15 is 0 Å². The molecule has 0 radical (unpaired) electrons. The van der Waals surface area contributed by atoms with Crippen molar-refractivity contribution in [2.75, 3.05) is 25.0 Å². The minimum atomic E-state index is -4.35. The average molecular weight is 394 g/mol. The number of anilines is 1. The van der Waals surface area contributed by atoms with Crippen molar-refractivity contribution in [1.29, 1.82) is 0 Å². The monoisotopic (exact) mass is 394 g/mol. The molecule has 1 unspecified atom stereocenters. The van der Waals surface area contributed by atoms with Gasteiger partial charge in [-0.25, -0.2) is 0 Å². The van der Waals surface area contributed by atoms with E-state index in [9.17, 15) is 18.0 Å². The molecule has 1 amide bonds. The van der Waals surface area contributed by atoms with Gasteiger partial charge in [-0.05, 0) is 48.4 Å². The number of benzene rings is 2. The van der Waals surface area contributed by atoms with Crippen LogP contribution in [0.25, 0.3) is 0 Å². The lowest BCUT2D eigenvalue weighted by atomic mass is 10.2. The molecule has 1 aliphatic rings. The quantitative estimate of drug-likeness (QED) is 0.789. The molecule has 3 rings (SSSR count). The predicted octanol–water partition coefficient (Wildman–Crippen LogP) is 3.29. The first-order valence-electron chi connectivity index (χ1n) is 8.89. The highest BCUT2D eigenvalue weighted by Gasteiger charge is 2.30. The molecular formula is C20H21F3N2O3. The van der Waals surface area contributed by atoms with Crippen LogP contribution in [0.15, 0.2) is 48.5 Å². The summed E-state index contributed by atoms with van der Waals surface area (Å²) in [5, 5.41) is 12.2. The van der Waals surface area contributed by atoms with Gasteiger partial charge in [-0.2, -0.15) is 13.2 Å². The van der Waals surface area contributed by atoms with Crippen LogP contribution in [0, 0.1) is 0 Å². The third-order valence-electron chi connectivity index (χ3n) is 4.59. The molecule has 0 spiro atoms. The van der Waals surface area contributed by atoms with Gasteiger partial charge in [-0.15, -0.1) is 0 Å². The summed E-state index contributed by atoms with van der Waals surface area (Å²) in [4.78, 5) is 14.0. The Morgan fingerprint density at radius 3 is 2.43 bits per heavy atom. The molecular weight excluding hydrogens is 373 g/mol. The highest BCUT2D eigenvalue weighted by atomic mass is 19.4. The van der Waals surface area contributed by atoms with Gasteiger partial charge < -0.3 is 20.1 Å². The lowest BCUT2D eigenvalue weighted by Gasteiger charge is -2.18. The lowest BCUT2D eigenvalue weighted by molar-refractivity contribution is -0.137. The summed E-state index contributed by atoms with van der Waals surface area (Å²) in [6, 6.07) is 11.7. The molecule has 0 aromatic heterocycles. The van der Waals surface area contributed by atoms with E-state index in [0.29, 0.717) is 30.9 Å². The third-order valence-corrected chi connectivity index (χ3v) is 4.59. The van der Waals surface area contributed by atoms with Crippen LogP contribution in [0.3, 0.4) is 0 Å². The van der Waals surface area contributed by atoms with Crippen LogP contribution in [0.2, 0.25) is 0 Å². The van der Waals surface area contributed by atoms with Gasteiger partial charge in [0.1, 0.15) is 5.75 Å². The van der Waals surface area contributed by atoms with Gasteiger partial charge in [-0.3, -0.25) is 4.79 Å². The van der Waals surface area contributed by atoms with Gasteiger partial charge in [0.2, 0.25) is 0 Å². The van der Waals surface area contributed by atoms with Gasteiger partial charge >= 0.3 is 6.18 Å². The highest BCUT2D eigenvalue weighted by molar-refractivity contribution is 5.78. The second-order valence-electron chi connectivity index (χ2n) is 6.64. The second-order valence-corrected chi connectivity index (χ2v) is 6.64. The number of hydrogen-bond acceptors (Lipinski definition) is 4. The Hall–Kier alpha value is -2.74. The number of hydrogen-bond donors (Lipinski definition) is 2. The van der Waals surface area contributed by atoms with Gasteiger partial charge in [0.05, 0.1) is 12.2 Å². The zero-order valence-electron chi connectivity index (χ0n) is 15.1. The SMILES string of the molecule is O=C(COc1ccc(CO)cc1)N1CCC(Nc2ccc(C(F)(F)F)cc2)C1. The van der Waals surface area contributed by atoms with Crippen molar-refractivity contribution in [3.63, 3.8) is 0 Å². The maximum atomic E-state index is 12.6. The van der Waals surface area contributed by atoms with Crippen LogP contribution < -0.4 is 10.1 Å². The van der Waals surface area contributed by atoms with E-state index in [1.807, 2.05) is 0 Å². The molecule has 1 fully saturated rings. The molecule has 28 heavy (non-hydrogen) atoms. The van der Waals surface area contributed by atoms with Gasteiger partial charge in [0.25, 0.3) is 5.91 Å². The van der Waals surface area contributed by atoms with Crippen LogP contribution in [-0.4, -0.2) is 41.7 Å². The van der Waals surface area contributed by atoms with Crippen molar-refractivity contribution in [1.82, 2.24) is 4.90 Å². The number of carbonyl (C=O) groups excluding carboxylic acids is 1. The summed E-state index contributed by atoms with van der Waals surface area (Å²) in [6.07, 6.45) is -3.65. The van der Waals surface area contributed by atoms with Crippen molar-refractivity contribution in [2.24, 2.45) is 0 Å². The Balaban J connectivity index is 1.47. The molecule has 0 bridgehead atoms. The summed E-state index contributed by atoms with van der Waals surface area (Å²) < 4.78 is 43.3. The standard InChI is InChI=1S/C20H21F3N2O3/c21-20(22,23)15-3-5-16(6-4-15)24-17-9-10-25(11-17)19(27)13-28-18-7-1-14(12-26)2-8-18/h1-8,17,24,26H,9-13H2. The number of aliphatic hydroxyl groups excluding tert-OH is 1. The number of carbonyl (C=O) groups is 1. The van der Waals surface area contributed by atoms with Gasteiger partial charge in [0, 0.05) is 24.8 Å². The molecule has 5 nitrogen and oxygen atoms in total. The maximum Gasteiger partial charge on any atom is 0.416 e. The second kappa shape index (κ2) is 8.52. The predicted molar refractivity (Wildman–Crippen MR) is 97.9 cm³/mol.